The summed E-state index contributed by atoms with van der Waals surface area (Å²) in [4.78, 5) is 26.2. The maximum atomic E-state index is 12.4. The van der Waals surface area contributed by atoms with Crippen LogP contribution in [0.3, 0.4) is 0 Å². The minimum Gasteiger partial charge on any atom is -0.350 e. The Kier molecular flexibility index (Phi) is 5.23. The number of fused-ring (bicyclic) bond motifs is 1. The highest BCUT2D eigenvalue weighted by atomic mass is 32.2. The molecule has 0 aliphatic carbocycles. The molecule has 1 aromatic rings. The number of hydrogen-bond acceptors (Lipinski definition) is 4. The van der Waals surface area contributed by atoms with Crippen molar-refractivity contribution in [2.24, 2.45) is 0 Å². The van der Waals surface area contributed by atoms with Gasteiger partial charge < -0.3 is 15.5 Å². The van der Waals surface area contributed by atoms with Gasteiger partial charge in [0.2, 0.25) is 11.8 Å². The highest BCUT2D eigenvalue weighted by Crippen LogP contribution is 2.22. The lowest BCUT2D eigenvalue weighted by Crippen LogP contribution is -2.47. The second-order valence-electron chi connectivity index (χ2n) is 6.05. The van der Waals surface area contributed by atoms with Crippen molar-refractivity contribution in [1.82, 2.24) is 15.5 Å². The van der Waals surface area contributed by atoms with E-state index >= 15 is 0 Å². The van der Waals surface area contributed by atoms with Crippen molar-refractivity contribution < 1.29 is 9.59 Å². The molecule has 1 aromatic carbocycles. The largest absolute Gasteiger partial charge is 0.350 e. The van der Waals surface area contributed by atoms with E-state index in [1.807, 2.05) is 6.92 Å². The summed E-state index contributed by atoms with van der Waals surface area (Å²) < 4.78 is 0. The van der Waals surface area contributed by atoms with E-state index in [9.17, 15) is 9.59 Å². The van der Waals surface area contributed by atoms with Gasteiger partial charge in [0, 0.05) is 31.8 Å². The van der Waals surface area contributed by atoms with E-state index in [1.54, 1.807) is 16.7 Å². The van der Waals surface area contributed by atoms with Gasteiger partial charge in [0.1, 0.15) is 6.04 Å². The SMILES string of the molecule is CCCC(=O)N1CSCC1C(=O)NCc1ccc2c(c1)CNC2. The zero-order valence-corrected chi connectivity index (χ0v) is 14.2. The molecule has 1 saturated heterocycles. The third-order valence-electron chi connectivity index (χ3n) is 4.34. The van der Waals surface area contributed by atoms with E-state index in [2.05, 4.69) is 28.8 Å². The molecule has 5 nitrogen and oxygen atoms in total. The molecule has 2 aliphatic rings. The lowest BCUT2D eigenvalue weighted by Gasteiger charge is -2.23. The highest BCUT2D eigenvalue weighted by Gasteiger charge is 2.33. The summed E-state index contributed by atoms with van der Waals surface area (Å²) in [5.41, 5.74) is 3.76. The maximum Gasteiger partial charge on any atom is 0.243 e. The first-order valence-corrected chi connectivity index (χ1v) is 9.31. The van der Waals surface area contributed by atoms with Crippen molar-refractivity contribution in [2.45, 2.75) is 45.4 Å². The van der Waals surface area contributed by atoms with Crippen molar-refractivity contribution in [1.29, 1.82) is 0 Å². The van der Waals surface area contributed by atoms with Gasteiger partial charge in [-0.3, -0.25) is 9.59 Å². The molecule has 23 heavy (non-hydrogen) atoms. The molecular formula is C17H23N3O2S. The Labute approximate surface area is 141 Å². The number of carbonyl (C=O) groups is 2. The molecule has 0 spiro atoms. The highest BCUT2D eigenvalue weighted by molar-refractivity contribution is 7.99. The van der Waals surface area contributed by atoms with Crippen molar-refractivity contribution in [3.63, 3.8) is 0 Å². The average Bonchev–Trinajstić information content (AvgIpc) is 3.21. The Balaban J connectivity index is 1.57. The number of nitrogens with zero attached hydrogens (tertiary/aromatic N) is 1. The van der Waals surface area contributed by atoms with Crippen molar-refractivity contribution >= 4 is 23.6 Å². The van der Waals surface area contributed by atoms with Crippen LogP contribution in [-0.2, 0) is 29.2 Å². The number of benzene rings is 1. The first kappa shape index (κ1) is 16.3. The van der Waals surface area contributed by atoms with Crippen LogP contribution in [0.15, 0.2) is 18.2 Å². The van der Waals surface area contributed by atoms with E-state index in [1.165, 1.54) is 11.1 Å². The fourth-order valence-corrected chi connectivity index (χ4v) is 4.21. The number of amides is 2. The Bertz CT molecular complexity index is 606. The summed E-state index contributed by atoms with van der Waals surface area (Å²) in [7, 11) is 0. The molecule has 0 saturated carbocycles. The lowest BCUT2D eigenvalue weighted by molar-refractivity contribution is -0.138. The maximum absolute atomic E-state index is 12.4. The monoisotopic (exact) mass is 333 g/mol. The number of nitrogens with one attached hydrogen (secondary N) is 2. The number of hydrogen-bond donors (Lipinski definition) is 2. The lowest BCUT2D eigenvalue weighted by atomic mass is 10.1. The molecule has 1 atom stereocenters. The van der Waals surface area contributed by atoms with Gasteiger partial charge in [0.15, 0.2) is 0 Å². The van der Waals surface area contributed by atoms with Gasteiger partial charge in [-0.05, 0) is 23.1 Å². The van der Waals surface area contributed by atoms with Crippen LogP contribution in [0.25, 0.3) is 0 Å². The van der Waals surface area contributed by atoms with Crippen molar-refractivity contribution in [3.8, 4) is 0 Å². The number of rotatable bonds is 5. The van der Waals surface area contributed by atoms with Gasteiger partial charge in [0.25, 0.3) is 0 Å². The summed E-state index contributed by atoms with van der Waals surface area (Å²) in [6, 6.07) is 6.02. The first-order chi connectivity index (χ1) is 11.2. The molecule has 0 aromatic heterocycles. The predicted octanol–water partition coefficient (Wildman–Crippen LogP) is 1.61. The topological polar surface area (TPSA) is 61.4 Å². The third-order valence-corrected chi connectivity index (χ3v) is 5.35. The standard InChI is InChI=1S/C17H23N3O2S/c1-2-3-16(21)20-11-23-10-15(20)17(22)19-7-12-4-5-13-8-18-9-14(13)6-12/h4-6,15,18H,2-3,7-11H2,1H3,(H,19,22). The van der Waals surface area contributed by atoms with Gasteiger partial charge >= 0.3 is 0 Å². The average molecular weight is 333 g/mol. The van der Waals surface area contributed by atoms with Crippen LogP contribution >= 0.6 is 11.8 Å². The molecule has 1 fully saturated rings. The van der Waals surface area contributed by atoms with Crippen molar-refractivity contribution in [2.75, 3.05) is 11.6 Å². The molecule has 2 heterocycles. The van der Waals surface area contributed by atoms with Crippen LogP contribution in [0.1, 0.15) is 36.5 Å². The molecule has 0 bridgehead atoms. The summed E-state index contributed by atoms with van der Waals surface area (Å²) in [6.07, 6.45) is 1.33. The van der Waals surface area contributed by atoms with E-state index in [0.717, 1.165) is 25.1 Å². The Morgan fingerprint density at radius 3 is 3.00 bits per heavy atom. The fourth-order valence-electron chi connectivity index (χ4n) is 3.03. The molecule has 1 unspecified atom stereocenters. The fraction of sp³-hybridized carbons (Fsp3) is 0.529. The van der Waals surface area contributed by atoms with Crippen LogP contribution in [0.4, 0.5) is 0 Å². The van der Waals surface area contributed by atoms with Crippen LogP contribution in [0, 0.1) is 0 Å². The van der Waals surface area contributed by atoms with Gasteiger partial charge in [-0.25, -0.2) is 0 Å². The molecule has 2 N–H and O–H groups in total. The molecule has 0 radical (unpaired) electrons. The molecule has 3 rings (SSSR count). The van der Waals surface area contributed by atoms with Crippen LogP contribution in [0.5, 0.6) is 0 Å². The summed E-state index contributed by atoms with van der Waals surface area (Å²) in [5, 5.41) is 6.31. The summed E-state index contributed by atoms with van der Waals surface area (Å²) >= 11 is 1.65. The second kappa shape index (κ2) is 7.36. The Morgan fingerprint density at radius 1 is 1.35 bits per heavy atom. The van der Waals surface area contributed by atoms with E-state index in [4.69, 9.17) is 0 Å². The Hall–Kier alpha value is -1.53. The minimum absolute atomic E-state index is 0.0434. The third kappa shape index (κ3) is 3.70. The smallest absolute Gasteiger partial charge is 0.243 e. The van der Waals surface area contributed by atoms with Gasteiger partial charge in [-0.15, -0.1) is 11.8 Å². The van der Waals surface area contributed by atoms with Crippen LogP contribution in [-0.4, -0.2) is 34.4 Å². The van der Waals surface area contributed by atoms with Gasteiger partial charge in [-0.1, -0.05) is 25.1 Å². The van der Waals surface area contributed by atoms with Crippen molar-refractivity contribution in [3.05, 3.63) is 34.9 Å². The Morgan fingerprint density at radius 2 is 2.17 bits per heavy atom. The zero-order chi connectivity index (χ0) is 16.2. The molecule has 2 amide bonds. The molecule has 124 valence electrons. The van der Waals surface area contributed by atoms with E-state index in [0.29, 0.717) is 24.6 Å². The first-order valence-electron chi connectivity index (χ1n) is 8.15. The second-order valence-corrected chi connectivity index (χ2v) is 7.05. The summed E-state index contributed by atoms with van der Waals surface area (Å²) in [5.74, 6) is 1.36. The van der Waals surface area contributed by atoms with Crippen LogP contribution < -0.4 is 10.6 Å². The van der Waals surface area contributed by atoms with E-state index < -0.39 is 0 Å². The number of thioether (sulfide) groups is 1. The molecule has 6 heteroatoms. The number of carbonyl (C=O) groups excluding carboxylic acids is 2. The molecular weight excluding hydrogens is 310 g/mol. The minimum atomic E-state index is -0.324. The quantitative estimate of drug-likeness (QED) is 0.859. The normalized spacial score (nSPS) is 19.7. The zero-order valence-electron chi connectivity index (χ0n) is 13.4. The van der Waals surface area contributed by atoms with E-state index in [-0.39, 0.29) is 17.9 Å². The predicted molar refractivity (Wildman–Crippen MR) is 91.7 cm³/mol. The molecule has 2 aliphatic heterocycles. The van der Waals surface area contributed by atoms with Gasteiger partial charge in [0.05, 0.1) is 5.88 Å². The van der Waals surface area contributed by atoms with Crippen LogP contribution in [0.2, 0.25) is 0 Å². The summed E-state index contributed by atoms with van der Waals surface area (Å²) in [6.45, 7) is 4.33. The van der Waals surface area contributed by atoms with Gasteiger partial charge in [-0.2, -0.15) is 0 Å².